The van der Waals surface area contributed by atoms with Gasteiger partial charge in [0.25, 0.3) is 0 Å². The quantitative estimate of drug-likeness (QED) is 0.686. The number of amides is 1. The van der Waals surface area contributed by atoms with Crippen LogP contribution < -0.4 is 11.2 Å². The highest BCUT2D eigenvalue weighted by Gasteiger charge is 2.24. The van der Waals surface area contributed by atoms with E-state index in [4.69, 9.17) is 15.0 Å². The van der Waals surface area contributed by atoms with Gasteiger partial charge < -0.3 is 15.0 Å². The van der Waals surface area contributed by atoms with Gasteiger partial charge in [0.05, 0.1) is 0 Å². The molecule has 1 amide bonds. The van der Waals surface area contributed by atoms with Gasteiger partial charge in [-0.25, -0.2) is 0 Å². The molecule has 0 atom stereocenters. The van der Waals surface area contributed by atoms with Crippen molar-refractivity contribution in [2.45, 2.75) is 6.42 Å². The highest BCUT2D eigenvalue weighted by atomic mass is 16.6. The van der Waals surface area contributed by atoms with E-state index in [-0.39, 0.29) is 7.12 Å². The number of carbonyl (C=O) groups is 1. The molecule has 2 rings (SSSR count). The summed E-state index contributed by atoms with van der Waals surface area (Å²) in [6, 6.07) is 6.96. The first kappa shape index (κ1) is 10.2. The molecule has 0 bridgehead atoms. The van der Waals surface area contributed by atoms with Crippen molar-refractivity contribution in [1.29, 1.82) is 0 Å². The third kappa shape index (κ3) is 2.37. The van der Waals surface area contributed by atoms with Crippen molar-refractivity contribution < 1.29 is 14.1 Å². The fourth-order valence-corrected chi connectivity index (χ4v) is 1.48. The Balaban J connectivity index is 2.11. The Morgan fingerprint density at radius 1 is 1.20 bits per heavy atom. The summed E-state index contributed by atoms with van der Waals surface area (Å²) in [5.74, 6) is -0.424. The first-order valence-electron chi connectivity index (χ1n) is 4.90. The number of carbonyl (C=O) groups excluding carboxylic acids is 1. The lowest BCUT2D eigenvalue weighted by atomic mass is 9.78. The lowest BCUT2D eigenvalue weighted by molar-refractivity contribution is 0.1000. The Morgan fingerprint density at radius 3 is 2.33 bits per heavy atom. The van der Waals surface area contributed by atoms with Crippen LogP contribution in [0.15, 0.2) is 24.3 Å². The first-order valence-corrected chi connectivity index (χ1v) is 4.90. The molecule has 1 aromatic rings. The molecule has 5 heteroatoms. The molecular formula is C10H12BNO3. The molecular weight excluding hydrogens is 193 g/mol. The molecule has 1 aliphatic heterocycles. The summed E-state index contributed by atoms with van der Waals surface area (Å²) in [6.07, 6.45) is 0.926. The molecule has 1 aromatic carbocycles. The van der Waals surface area contributed by atoms with Crippen LogP contribution >= 0.6 is 0 Å². The Bertz CT molecular complexity index is 346. The van der Waals surface area contributed by atoms with Crippen molar-refractivity contribution in [3.8, 4) is 0 Å². The predicted molar refractivity (Wildman–Crippen MR) is 56.9 cm³/mol. The smallest absolute Gasteiger partial charge is 0.407 e. The topological polar surface area (TPSA) is 61.6 Å². The highest BCUT2D eigenvalue weighted by molar-refractivity contribution is 6.61. The maximum atomic E-state index is 10.8. The molecule has 1 heterocycles. The van der Waals surface area contributed by atoms with Crippen LogP contribution in [-0.2, 0) is 9.31 Å². The van der Waals surface area contributed by atoms with Crippen molar-refractivity contribution in [2.24, 2.45) is 5.73 Å². The van der Waals surface area contributed by atoms with Gasteiger partial charge in [0.1, 0.15) is 0 Å². The molecule has 1 saturated heterocycles. The molecule has 2 N–H and O–H groups in total. The molecule has 0 aromatic heterocycles. The van der Waals surface area contributed by atoms with Gasteiger partial charge in [-0.3, -0.25) is 4.79 Å². The minimum absolute atomic E-state index is 0.305. The molecule has 0 spiro atoms. The fourth-order valence-electron chi connectivity index (χ4n) is 1.48. The van der Waals surface area contributed by atoms with Crippen LogP contribution in [0.5, 0.6) is 0 Å². The zero-order chi connectivity index (χ0) is 10.7. The lowest BCUT2D eigenvalue weighted by Gasteiger charge is -2.19. The van der Waals surface area contributed by atoms with Gasteiger partial charge in [-0.2, -0.15) is 0 Å². The summed E-state index contributed by atoms with van der Waals surface area (Å²) in [4.78, 5) is 10.8. The minimum Gasteiger partial charge on any atom is -0.407 e. The molecule has 0 aliphatic carbocycles. The van der Waals surface area contributed by atoms with Gasteiger partial charge in [0.2, 0.25) is 5.91 Å². The highest BCUT2D eigenvalue weighted by Crippen LogP contribution is 2.03. The number of primary amides is 1. The van der Waals surface area contributed by atoms with Crippen LogP contribution in [0.1, 0.15) is 16.8 Å². The molecule has 1 aliphatic rings. The van der Waals surface area contributed by atoms with E-state index in [1.807, 2.05) is 0 Å². The van der Waals surface area contributed by atoms with Crippen LogP contribution in [0.2, 0.25) is 0 Å². The third-order valence-electron chi connectivity index (χ3n) is 2.29. The first-order chi connectivity index (χ1) is 7.27. The standard InChI is InChI=1S/C10H12BNO3/c12-10(13)8-2-4-9(5-3-8)11-14-6-1-7-15-11/h2-5H,1,6-7H2,(H2,12,13). The number of rotatable bonds is 2. The molecule has 0 unspecified atom stereocenters. The number of hydrogen-bond acceptors (Lipinski definition) is 3. The van der Waals surface area contributed by atoms with E-state index >= 15 is 0 Å². The molecule has 0 radical (unpaired) electrons. The van der Waals surface area contributed by atoms with E-state index < -0.39 is 5.91 Å². The second-order valence-electron chi connectivity index (χ2n) is 3.41. The SMILES string of the molecule is NC(=O)c1ccc(B2OCCCO2)cc1. The van der Waals surface area contributed by atoms with Gasteiger partial charge in [-0.15, -0.1) is 0 Å². The van der Waals surface area contributed by atoms with Crippen molar-refractivity contribution >= 4 is 18.5 Å². The van der Waals surface area contributed by atoms with Crippen LogP contribution in [0, 0.1) is 0 Å². The van der Waals surface area contributed by atoms with Crippen LogP contribution in [0.3, 0.4) is 0 Å². The summed E-state index contributed by atoms with van der Waals surface area (Å²) < 4.78 is 10.9. The second kappa shape index (κ2) is 4.46. The van der Waals surface area contributed by atoms with Gasteiger partial charge >= 0.3 is 7.12 Å². The average Bonchev–Trinajstić information content (AvgIpc) is 2.30. The Kier molecular flexibility index (Phi) is 3.04. The van der Waals surface area contributed by atoms with E-state index in [0.29, 0.717) is 18.8 Å². The van der Waals surface area contributed by atoms with Crippen molar-refractivity contribution in [3.05, 3.63) is 29.8 Å². The number of hydrogen-bond donors (Lipinski definition) is 1. The molecule has 78 valence electrons. The molecule has 4 nitrogen and oxygen atoms in total. The van der Waals surface area contributed by atoms with E-state index in [9.17, 15) is 4.79 Å². The lowest BCUT2D eigenvalue weighted by Crippen LogP contribution is -2.40. The summed E-state index contributed by atoms with van der Waals surface area (Å²) in [5, 5.41) is 0. The fraction of sp³-hybridized carbons (Fsp3) is 0.300. The van der Waals surface area contributed by atoms with E-state index in [0.717, 1.165) is 11.9 Å². The van der Waals surface area contributed by atoms with Crippen molar-refractivity contribution in [1.82, 2.24) is 0 Å². The number of benzene rings is 1. The Labute approximate surface area is 88.5 Å². The van der Waals surface area contributed by atoms with Crippen LogP contribution in [-0.4, -0.2) is 26.2 Å². The average molecular weight is 205 g/mol. The zero-order valence-corrected chi connectivity index (χ0v) is 8.31. The summed E-state index contributed by atoms with van der Waals surface area (Å²) in [5.41, 5.74) is 6.55. The molecule has 15 heavy (non-hydrogen) atoms. The van der Waals surface area contributed by atoms with E-state index in [1.165, 1.54) is 0 Å². The predicted octanol–water partition coefficient (Wildman–Crippen LogP) is -0.0824. The normalized spacial score (nSPS) is 16.4. The van der Waals surface area contributed by atoms with Gasteiger partial charge in [-0.05, 0) is 24.0 Å². The third-order valence-corrected chi connectivity index (χ3v) is 2.29. The van der Waals surface area contributed by atoms with E-state index in [2.05, 4.69) is 0 Å². The molecule has 1 fully saturated rings. The van der Waals surface area contributed by atoms with Crippen LogP contribution in [0.4, 0.5) is 0 Å². The summed E-state index contributed by atoms with van der Waals surface area (Å²) in [7, 11) is -0.305. The van der Waals surface area contributed by atoms with Crippen molar-refractivity contribution in [3.63, 3.8) is 0 Å². The summed E-state index contributed by atoms with van der Waals surface area (Å²) >= 11 is 0. The van der Waals surface area contributed by atoms with Gasteiger partial charge in [0, 0.05) is 18.8 Å². The largest absolute Gasteiger partial charge is 0.493 e. The Hall–Kier alpha value is -1.33. The van der Waals surface area contributed by atoms with Gasteiger partial charge in [-0.1, -0.05) is 12.1 Å². The second-order valence-corrected chi connectivity index (χ2v) is 3.41. The summed E-state index contributed by atoms with van der Waals surface area (Å²) in [6.45, 7) is 1.42. The maximum absolute atomic E-state index is 10.8. The Morgan fingerprint density at radius 2 is 1.80 bits per heavy atom. The van der Waals surface area contributed by atoms with Crippen molar-refractivity contribution in [2.75, 3.05) is 13.2 Å². The van der Waals surface area contributed by atoms with Gasteiger partial charge in [0.15, 0.2) is 0 Å². The number of nitrogens with two attached hydrogens (primary N) is 1. The maximum Gasteiger partial charge on any atom is 0.493 e. The zero-order valence-electron chi connectivity index (χ0n) is 8.31. The minimum atomic E-state index is -0.424. The van der Waals surface area contributed by atoms with E-state index in [1.54, 1.807) is 24.3 Å². The molecule has 0 saturated carbocycles. The monoisotopic (exact) mass is 205 g/mol. The van der Waals surface area contributed by atoms with Crippen LogP contribution in [0.25, 0.3) is 0 Å².